The third-order valence-electron chi connectivity index (χ3n) is 3.90. The summed E-state index contributed by atoms with van der Waals surface area (Å²) in [4.78, 5) is 0. The monoisotopic (exact) mass is 317 g/mol. The van der Waals surface area contributed by atoms with Crippen molar-refractivity contribution in [3.8, 4) is 0 Å². The van der Waals surface area contributed by atoms with Crippen LogP contribution in [0.3, 0.4) is 0 Å². The maximum atomic E-state index is 13.9. The first-order valence-electron chi connectivity index (χ1n) is 6.43. The second-order valence-corrected chi connectivity index (χ2v) is 5.82. The second kappa shape index (κ2) is 6.11. The van der Waals surface area contributed by atoms with Crippen LogP contribution in [0.1, 0.15) is 31.2 Å². The molecule has 1 aliphatic rings. The first-order valence-corrected chi connectivity index (χ1v) is 7.22. The van der Waals surface area contributed by atoms with Gasteiger partial charge in [-0.15, -0.1) is 0 Å². The molecule has 0 heterocycles. The maximum Gasteiger partial charge on any atom is 0.143 e. The summed E-state index contributed by atoms with van der Waals surface area (Å²) in [6.45, 7) is 0. The molecule has 100 valence electrons. The molecule has 2 rings (SSSR count). The van der Waals surface area contributed by atoms with Gasteiger partial charge in [-0.3, -0.25) is 0 Å². The smallest absolute Gasteiger partial charge is 0.143 e. The van der Waals surface area contributed by atoms with Crippen LogP contribution in [0.25, 0.3) is 0 Å². The molecule has 0 amide bonds. The Labute approximate surface area is 115 Å². The Kier molecular flexibility index (Phi) is 4.73. The molecule has 4 heteroatoms. The van der Waals surface area contributed by atoms with Crippen molar-refractivity contribution < 1.29 is 8.78 Å². The average Bonchev–Trinajstić information content (AvgIpc) is 2.88. The molecule has 1 aromatic rings. The van der Waals surface area contributed by atoms with E-state index in [2.05, 4.69) is 21.2 Å². The number of hydrogen-bond acceptors (Lipinski definition) is 1. The van der Waals surface area contributed by atoms with Crippen molar-refractivity contribution in [2.24, 2.45) is 5.92 Å². The van der Waals surface area contributed by atoms with Gasteiger partial charge in [0.2, 0.25) is 0 Å². The highest BCUT2D eigenvalue weighted by Crippen LogP contribution is 2.31. The summed E-state index contributed by atoms with van der Waals surface area (Å²) < 4.78 is 28.0. The Hall–Kier alpha value is -0.480. The van der Waals surface area contributed by atoms with Gasteiger partial charge in [-0.25, -0.2) is 8.78 Å². The first-order chi connectivity index (χ1) is 8.63. The van der Waals surface area contributed by atoms with Gasteiger partial charge in [-0.2, -0.15) is 0 Å². The lowest BCUT2D eigenvalue weighted by molar-refractivity contribution is 0.368. The van der Waals surface area contributed by atoms with Gasteiger partial charge in [0.1, 0.15) is 11.6 Å². The van der Waals surface area contributed by atoms with Crippen molar-refractivity contribution in [2.75, 3.05) is 7.05 Å². The number of nitrogens with one attached hydrogen (secondary N) is 1. The fraction of sp³-hybridized carbons (Fsp3) is 0.571. The van der Waals surface area contributed by atoms with Crippen molar-refractivity contribution in [1.82, 2.24) is 5.32 Å². The van der Waals surface area contributed by atoms with Gasteiger partial charge in [0.25, 0.3) is 0 Å². The van der Waals surface area contributed by atoms with Crippen molar-refractivity contribution in [3.05, 3.63) is 33.8 Å². The summed E-state index contributed by atoms with van der Waals surface area (Å²) in [5.74, 6) is -0.380. The molecule has 1 atom stereocenters. The van der Waals surface area contributed by atoms with Crippen LogP contribution in [0, 0.1) is 17.6 Å². The highest BCUT2D eigenvalue weighted by atomic mass is 79.9. The molecule has 1 unspecified atom stereocenters. The Balaban J connectivity index is 2.18. The molecule has 1 aliphatic carbocycles. The molecule has 0 radical (unpaired) electrons. The number of rotatable bonds is 4. The molecule has 0 aromatic heterocycles. The van der Waals surface area contributed by atoms with Crippen LogP contribution < -0.4 is 5.32 Å². The van der Waals surface area contributed by atoms with Gasteiger partial charge in [0, 0.05) is 11.6 Å². The summed E-state index contributed by atoms with van der Waals surface area (Å²) in [6.07, 6.45) is 5.18. The normalized spacial score (nSPS) is 18.2. The molecule has 1 N–H and O–H groups in total. The summed E-state index contributed by atoms with van der Waals surface area (Å²) in [6, 6.07) is 2.90. The van der Waals surface area contributed by atoms with Gasteiger partial charge in [-0.1, -0.05) is 12.8 Å². The maximum absolute atomic E-state index is 13.9. The topological polar surface area (TPSA) is 12.0 Å². The van der Waals surface area contributed by atoms with E-state index in [1.54, 1.807) is 0 Å². The van der Waals surface area contributed by atoms with Crippen LogP contribution in [0.2, 0.25) is 0 Å². The third kappa shape index (κ3) is 2.91. The van der Waals surface area contributed by atoms with Crippen LogP contribution >= 0.6 is 15.9 Å². The molecule has 1 saturated carbocycles. The zero-order valence-corrected chi connectivity index (χ0v) is 12.1. The lowest BCUT2D eigenvalue weighted by Gasteiger charge is -2.23. The van der Waals surface area contributed by atoms with Gasteiger partial charge in [-0.05, 0) is 60.3 Å². The fourth-order valence-corrected chi connectivity index (χ4v) is 3.21. The third-order valence-corrected chi connectivity index (χ3v) is 4.52. The van der Waals surface area contributed by atoms with E-state index < -0.39 is 11.6 Å². The Bertz CT molecular complexity index is 417. The SMILES string of the molecule is CNC(Cc1c(F)ccc(Br)c1F)C1CCCC1. The zero-order chi connectivity index (χ0) is 13.1. The Morgan fingerprint density at radius 2 is 2.00 bits per heavy atom. The Morgan fingerprint density at radius 1 is 1.33 bits per heavy atom. The van der Waals surface area contributed by atoms with Crippen molar-refractivity contribution in [1.29, 1.82) is 0 Å². The zero-order valence-electron chi connectivity index (χ0n) is 10.5. The van der Waals surface area contributed by atoms with E-state index >= 15 is 0 Å². The van der Waals surface area contributed by atoms with E-state index in [1.165, 1.54) is 25.0 Å². The van der Waals surface area contributed by atoms with Crippen LogP contribution in [0.4, 0.5) is 8.78 Å². The predicted octanol–water partition coefficient (Wildman–Crippen LogP) is 4.05. The largest absolute Gasteiger partial charge is 0.316 e. The number of hydrogen-bond donors (Lipinski definition) is 1. The molecule has 0 spiro atoms. The molecule has 0 aliphatic heterocycles. The van der Waals surface area contributed by atoms with Crippen LogP contribution in [0.15, 0.2) is 16.6 Å². The second-order valence-electron chi connectivity index (χ2n) is 4.97. The molecule has 1 nitrogen and oxygen atoms in total. The minimum absolute atomic E-state index is 0.158. The standard InChI is InChI=1S/C14H18BrF2N/c1-18-13(9-4-2-3-5-9)8-10-12(16)7-6-11(15)14(10)17/h6-7,9,13,18H,2-5,8H2,1H3. The predicted molar refractivity (Wildman–Crippen MR) is 72.6 cm³/mol. The number of benzene rings is 1. The van der Waals surface area contributed by atoms with E-state index in [1.807, 2.05) is 7.05 Å². The van der Waals surface area contributed by atoms with Gasteiger partial charge >= 0.3 is 0 Å². The van der Waals surface area contributed by atoms with Crippen LogP contribution in [-0.2, 0) is 6.42 Å². The molecule has 18 heavy (non-hydrogen) atoms. The van der Waals surface area contributed by atoms with E-state index in [-0.39, 0.29) is 11.6 Å². The van der Waals surface area contributed by atoms with Crippen molar-refractivity contribution in [2.45, 2.75) is 38.1 Å². The molecule has 0 saturated heterocycles. The summed E-state index contributed by atoms with van der Waals surface area (Å²) in [7, 11) is 1.87. The van der Waals surface area contributed by atoms with Crippen LogP contribution in [-0.4, -0.2) is 13.1 Å². The van der Waals surface area contributed by atoms with E-state index in [9.17, 15) is 8.78 Å². The van der Waals surface area contributed by atoms with E-state index in [4.69, 9.17) is 0 Å². The van der Waals surface area contributed by atoms with Gasteiger partial charge < -0.3 is 5.32 Å². The average molecular weight is 318 g/mol. The highest BCUT2D eigenvalue weighted by Gasteiger charge is 2.26. The molecule has 0 bridgehead atoms. The van der Waals surface area contributed by atoms with Crippen molar-refractivity contribution in [3.63, 3.8) is 0 Å². The highest BCUT2D eigenvalue weighted by molar-refractivity contribution is 9.10. The fourth-order valence-electron chi connectivity index (χ4n) is 2.84. The minimum atomic E-state index is -0.465. The molecular formula is C14H18BrF2N. The van der Waals surface area contributed by atoms with Crippen LogP contribution in [0.5, 0.6) is 0 Å². The van der Waals surface area contributed by atoms with Crippen molar-refractivity contribution >= 4 is 15.9 Å². The quantitative estimate of drug-likeness (QED) is 0.826. The lowest BCUT2D eigenvalue weighted by atomic mass is 9.92. The Morgan fingerprint density at radius 3 is 2.61 bits per heavy atom. The minimum Gasteiger partial charge on any atom is -0.316 e. The number of halogens is 3. The summed E-state index contributed by atoms with van der Waals surface area (Å²) in [5, 5.41) is 3.22. The van der Waals surface area contributed by atoms with E-state index in [0.29, 0.717) is 16.8 Å². The summed E-state index contributed by atoms with van der Waals surface area (Å²) in [5.41, 5.74) is 0.190. The summed E-state index contributed by atoms with van der Waals surface area (Å²) >= 11 is 3.11. The molecular weight excluding hydrogens is 300 g/mol. The molecule has 1 aromatic carbocycles. The number of likely N-dealkylation sites (N-methyl/N-ethyl adjacent to an activating group) is 1. The molecule has 1 fully saturated rings. The van der Waals surface area contributed by atoms with Gasteiger partial charge in [0.05, 0.1) is 4.47 Å². The first kappa shape index (κ1) is 13.9. The van der Waals surface area contributed by atoms with Gasteiger partial charge in [0.15, 0.2) is 0 Å². The van der Waals surface area contributed by atoms with E-state index in [0.717, 1.165) is 12.8 Å². The lowest BCUT2D eigenvalue weighted by Crippen LogP contribution is -2.35.